The van der Waals surface area contributed by atoms with Crippen molar-refractivity contribution in [2.75, 3.05) is 22.9 Å². The average molecular weight is 417 g/mol. The third kappa shape index (κ3) is 4.37. The molecule has 1 heterocycles. The summed E-state index contributed by atoms with van der Waals surface area (Å²) in [7, 11) is -1.89. The van der Waals surface area contributed by atoms with E-state index in [2.05, 4.69) is 15.5 Å². The van der Waals surface area contributed by atoms with E-state index in [1.807, 2.05) is 31.2 Å². The van der Waals surface area contributed by atoms with Gasteiger partial charge in [0.1, 0.15) is 5.01 Å². The molecule has 0 aliphatic heterocycles. The summed E-state index contributed by atoms with van der Waals surface area (Å²) in [6.07, 6.45) is 1.13. The van der Waals surface area contributed by atoms with Gasteiger partial charge in [-0.3, -0.25) is 14.4 Å². The molecule has 0 radical (unpaired) electrons. The number of carbonyl (C=O) groups excluding carboxylic acids is 1. The molecule has 3 rings (SSSR count). The fourth-order valence-corrected chi connectivity index (χ4v) is 3.89. The molecule has 7 nitrogen and oxygen atoms in total. The SMILES string of the molecule is Cc1ccc(-c2nnc(NC(=O)c3ccc(N(C)S(C)(=O)=O)c(C)c3)s2)cc1. The molecule has 1 aromatic heterocycles. The average Bonchev–Trinajstić information content (AvgIpc) is 3.09. The second kappa shape index (κ2) is 7.69. The minimum absolute atomic E-state index is 0.330. The van der Waals surface area contributed by atoms with Crippen molar-refractivity contribution in [1.82, 2.24) is 10.2 Å². The molecule has 0 fully saturated rings. The molecule has 2 aromatic carbocycles. The number of nitrogens with one attached hydrogen (secondary N) is 1. The molecule has 0 saturated heterocycles. The Morgan fingerprint density at radius 2 is 1.75 bits per heavy atom. The maximum absolute atomic E-state index is 12.5. The molecular weight excluding hydrogens is 396 g/mol. The highest BCUT2D eigenvalue weighted by Gasteiger charge is 2.17. The summed E-state index contributed by atoms with van der Waals surface area (Å²) in [5, 5.41) is 12.0. The standard InChI is InChI=1S/C19H20N4O3S2/c1-12-5-7-14(8-6-12)18-21-22-19(27-18)20-17(24)15-9-10-16(13(2)11-15)23(3)28(4,25)26/h5-11H,1-4H3,(H,20,22,24). The van der Waals surface area contributed by atoms with Gasteiger partial charge < -0.3 is 0 Å². The maximum atomic E-state index is 12.5. The van der Waals surface area contributed by atoms with Crippen LogP contribution in [0.3, 0.4) is 0 Å². The van der Waals surface area contributed by atoms with Crippen molar-refractivity contribution < 1.29 is 13.2 Å². The smallest absolute Gasteiger partial charge is 0.257 e. The minimum Gasteiger partial charge on any atom is -0.296 e. The lowest BCUT2D eigenvalue weighted by Crippen LogP contribution is -2.25. The molecule has 3 aromatic rings. The zero-order valence-electron chi connectivity index (χ0n) is 15.9. The summed E-state index contributed by atoms with van der Waals surface area (Å²) >= 11 is 1.29. The van der Waals surface area contributed by atoms with Crippen molar-refractivity contribution in [3.63, 3.8) is 0 Å². The Morgan fingerprint density at radius 3 is 2.36 bits per heavy atom. The highest BCUT2D eigenvalue weighted by molar-refractivity contribution is 7.92. The predicted octanol–water partition coefficient (Wildman–Crippen LogP) is 3.47. The normalized spacial score (nSPS) is 11.3. The molecule has 0 aliphatic rings. The van der Waals surface area contributed by atoms with Crippen molar-refractivity contribution in [3.05, 3.63) is 59.2 Å². The van der Waals surface area contributed by atoms with Crippen LogP contribution in [-0.2, 0) is 10.0 Å². The molecular formula is C19H20N4O3S2. The van der Waals surface area contributed by atoms with Crippen molar-refractivity contribution in [1.29, 1.82) is 0 Å². The van der Waals surface area contributed by atoms with E-state index in [4.69, 9.17) is 0 Å². The fourth-order valence-electron chi connectivity index (χ4n) is 2.58. The van der Waals surface area contributed by atoms with Gasteiger partial charge in [-0.05, 0) is 37.6 Å². The zero-order valence-corrected chi connectivity index (χ0v) is 17.6. The summed E-state index contributed by atoms with van der Waals surface area (Å²) in [4.78, 5) is 12.5. The Balaban J connectivity index is 1.77. The number of rotatable bonds is 5. The van der Waals surface area contributed by atoms with E-state index >= 15 is 0 Å². The number of sulfonamides is 1. The zero-order chi connectivity index (χ0) is 20.5. The number of nitrogens with zero attached hydrogens (tertiary/aromatic N) is 3. The summed E-state index contributed by atoms with van der Waals surface area (Å²) in [5.41, 5.74) is 3.71. The molecule has 0 aliphatic carbocycles. The number of carbonyl (C=O) groups is 1. The van der Waals surface area contributed by atoms with Crippen LogP contribution in [0, 0.1) is 13.8 Å². The predicted molar refractivity (Wildman–Crippen MR) is 112 cm³/mol. The number of aryl methyl sites for hydroxylation is 2. The number of aromatic nitrogens is 2. The van der Waals surface area contributed by atoms with E-state index in [1.165, 1.54) is 22.7 Å². The molecule has 0 atom stereocenters. The van der Waals surface area contributed by atoms with Crippen LogP contribution in [0.1, 0.15) is 21.5 Å². The Kier molecular flexibility index (Phi) is 5.48. The second-order valence-electron chi connectivity index (χ2n) is 6.46. The van der Waals surface area contributed by atoms with Gasteiger partial charge in [0, 0.05) is 18.2 Å². The Morgan fingerprint density at radius 1 is 1.07 bits per heavy atom. The first kappa shape index (κ1) is 20.0. The van der Waals surface area contributed by atoms with Gasteiger partial charge >= 0.3 is 0 Å². The van der Waals surface area contributed by atoms with Crippen LogP contribution < -0.4 is 9.62 Å². The maximum Gasteiger partial charge on any atom is 0.257 e. The molecule has 1 N–H and O–H groups in total. The highest BCUT2D eigenvalue weighted by Crippen LogP contribution is 2.27. The third-order valence-electron chi connectivity index (χ3n) is 4.24. The van der Waals surface area contributed by atoms with Gasteiger partial charge in [-0.1, -0.05) is 41.2 Å². The Hall–Kier alpha value is -2.78. The van der Waals surface area contributed by atoms with Gasteiger partial charge in [0.2, 0.25) is 15.2 Å². The molecule has 0 spiro atoms. The second-order valence-corrected chi connectivity index (χ2v) is 9.46. The fraction of sp³-hybridized carbons (Fsp3) is 0.211. The topological polar surface area (TPSA) is 92.3 Å². The van der Waals surface area contributed by atoms with Crippen LogP contribution in [0.25, 0.3) is 10.6 Å². The molecule has 0 bridgehead atoms. The Bertz CT molecular complexity index is 1120. The number of hydrogen-bond acceptors (Lipinski definition) is 6. The van der Waals surface area contributed by atoms with Gasteiger partial charge in [-0.15, -0.1) is 10.2 Å². The van der Waals surface area contributed by atoms with E-state index in [-0.39, 0.29) is 5.91 Å². The van der Waals surface area contributed by atoms with E-state index in [0.29, 0.717) is 21.9 Å². The van der Waals surface area contributed by atoms with Crippen molar-refractivity contribution in [2.45, 2.75) is 13.8 Å². The van der Waals surface area contributed by atoms with Gasteiger partial charge in [0.15, 0.2) is 0 Å². The van der Waals surface area contributed by atoms with Crippen LogP contribution in [0.2, 0.25) is 0 Å². The van der Waals surface area contributed by atoms with Crippen LogP contribution in [-0.4, -0.2) is 37.8 Å². The number of anilines is 2. The van der Waals surface area contributed by atoms with Gasteiger partial charge in [-0.25, -0.2) is 8.42 Å². The van der Waals surface area contributed by atoms with Crippen molar-refractivity contribution in [2.24, 2.45) is 0 Å². The summed E-state index contributed by atoms with van der Waals surface area (Å²) in [5.74, 6) is -0.330. The van der Waals surface area contributed by atoms with E-state index < -0.39 is 10.0 Å². The first-order valence-corrected chi connectivity index (χ1v) is 11.1. The summed E-state index contributed by atoms with van der Waals surface area (Å²) < 4.78 is 24.6. The van der Waals surface area contributed by atoms with Gasteiger partial charge in [0.25, 0.3) is 5.91 Å². The molecule has 0 saturated carbocycles. The lowest BCUT2D eigenvalue weighted by atomic mass is 10.1. The van der Waals surface area contributed by atoms with Crippen LogP contribution >= 0.6 is 11.3 Å². The minimum atomic E-state index is -3.37. The van der Waals surface area contributed by atoms with Crippen LogP contribution in [0.5, 0.6) is 0 Å². The third-order valence-corrected chi connectivity index (χ3v) is 6.32. The number of amides is 1. The number of hydrogen-bond donors (Lipinski definition) is 1. The first-order valence-electron chi connectivity index (χ1n) is 8.41. The number of benzene rings is 2. The van der Waals surface area contributed by atoms with Crippen LogP contribution in [0.15, 0.2) is 42.5 Å². The Labute approximate surface area is 168 Å². The van der Waals surface area contributed by atoms with E-state index in [9.17, 15) is 13.2 Å². The van der Waals surface area contributed by atoms with Gasteiger partial charge in [0.05, 0.1) is 11.9 Å². The highest BCUT2D eigenvalue weighted by atomic mass is 32.2. The van der Waals surface area contributed by atoms with Crippen molar-refractivity contribution in [3.8, 4) is 10.6 Å². The molecule has 28 heavy (non-hydrogen) atoms. The lowest BCUT2D eigenvalue weighted by molar-refractivity contribution is 0.102. The molecule has 146 valence electrons. The van der Waals surface area contributed by atoms with Crippen molar-refractivity contribution >= 4 is 38.1 Å². The largest absolute Gasteiger partial charge is 0.296 e. The van der Waals surface area contributed by atoms with E-state index in [1.54, 1.807) is 25.1 Å². The summed E-state index contributed by atoms with van der Waals surface area (Å²) in [6, 6.07) is 12.8. The van der Waals surface area contributed by atoms with Gasteiger partial charge in [-0.2, -0.15) is 0 Å². The summed E-state index contributed by atoms with van der Waals surface area (Å²) in [6.45, 7) is 3.77. The quantitative estimate of drug-likeness (QED) is 0.687. The molecule has 1 amide bonds. The molecule has 0 unspecified atom stereocenters. The lowest BCUT2D eigenvalue weighted by Gasteiger charge is -2.19. The van der Waals surface area contributed by atoms with E-state index in [0.717, 1.165) is 22.4 Å². The molecule has 9 heteroatoms. The first-order chi connectivity index (χ1) is 13.1. The monoisotopic (exact) mass is 416 g/mol. The van der Waals surface area contributed by atoms with Crippen LogP contribution in [0.4, 0.5) is 10.8 Å².